The van der Waals surface area contributed by atoms with Gasteiger partial charge in [0.15, 0.2) is 0 Å². The molecule has 2 fully saturated rings. The summed E-state index contributed by atoms with van der Waals surface area (Å²) in [7, 11) is 0. The van der Waals surface area contributed by atoms with Gasteiger partial charge in [-0.15, -0.1) is 0 Å². The van der Waals surface area contributed by atoms with Gasteiger partial charge in [0.1, 0.15) is 5.82 Å². The van der Waals surface area contributed by atoms with Gasteiger partial charge in [-0.25, -0.2) is 4.39 Å². The number of hydrogen-bond donors (Lipinski definition) is 0. The van der Waals surface area contributed by atoms with Crippen molar-refractivity contribution in [1.82, 2.24) is 14.8 Å². The molecular weight excluding hydrogens is 441 g/mol. The van der Waals surface area contributed by atoms with Gasteiger partial charge in [-0.3, -0.25) is 14.6 Å². The average molecular weight is 474 g/mol. The number of nitrogens with zero attached hydrogens (tertiary/aromatic N) is 3. The molecular formula is C29H32FN3O2. The van der Waals surface area contributed by atoms with E-state index in [2.05, 4.69) is 17.1 Å². The molecule has 1 saturated carbocycles. The maximum Gasteiger partial charge on any atom is 0.233 e. The summed E-state index contributed by atoms with van der Waals surface area (Å²) in [6, 6.07) is 14.7. The summed E-state index contributed by atoms with van der Waals surface area (Å²) in [6.45, 7) is 3.79. The highest BCUT2D eigenvalue weighted by atomic mass is 19.1. The summed E-state index contributed by atoms with van der Waals surface area (Å²) >= 11 is 0. The molecule has 0 radical (unpaired) electrons. The predicted molar refractivity (Wildman–Crippen MR) is 134 cm³/mol. The lowest BCUT2D eigenvalue weighted by Crippen LogP contribution is -2.48. The minimum absolute atomic E-state index is 0.0288. The van der Waals surface area contributed by atoms with Crippen LogP contribution in [-0.2, 0) is 21.4 Å². The summed E-state index contributed by atoms with van der Waals surface area (Å²) in [4.78, 5) is 34.8. The molecule has 2 amide bonds. The van der Waals surface area contributed by atoms with E-state index in [9.17, 15) is 14.0 Å². The number of carbonyl (C=O) groups is 2. The highest BCUT2D eigenvalue weighted by Gasteiger charge is 2.46. The fraction of sp³-hybridized carbons (Fsp3) is 0.414. The molecule has 5 rings (SSSR count). The minimum Gasteiger partial charge on any atom is -0.341 e. The molecule has 1 aliphatic heterocycles. The third-order valence-electron chi connectivity index (χ3n) is 7.83. The fourth-order valence-electron chi connectivity index (χ4n) is 6.05. The second-order valence-corrected chi connectivity index (χ2v) is 10.1. The van der Waals surface area contributed by atoms with Gasteiger partial charge in [0.05, 0.1) is 5.41 Å². The van der Waals surface area contributed by atoms with Crippen LogP contribution in [0.15, 0.2) is 60.9 Å². The zero-order valence-corrected chi connectivity index (χ0v) is 20.3. The number of amides is 2. The topological polar surface area (TPSA) is 53.5 Å². The standard InChI is InChI=1S/C29H32FN3O2/c1-21(34)32-13-14-33(28(35)29(11-4-5-12-29)25-8-6-9-26(30)16-25)20-22(19-32)15-24-18-31-17-23-7-2-3-10-27(23)24/h2-3,6-10,16-18,22H,4-5,11-15,19-20H2,1H3. The molecule has 182 valence electrons. The Kier molecular flexibility index (Phi) is 6.54. The smallest absolute Gasteiger partial charge is 0.233 e. The Morgan fingerprint density at radius 3 is 2.51 bits per heavy atom. The number of pyridine rings is 1. The second-order valence-electron chi connectivity index (χ2n) is 10.1. The van der Waals surface area contributed by atoms with Gasteiger partial charge in [-0.1, -0.05) is 49.2 Å². The van der Waals surface area contributed by atoms with Crippen molar-refractivity contribution in [2.75, 3.05) is 26.2 Å². The Morgan fingerprint density at radius 2 is 1.74 bits per heavy atom. The number of carbonyl (C=O) groups excluding carboxylic acids is 2. The van der Waals surface area contributed by atoms with Crippen LogP contribution in [0.25, 0.3) is 10.8 Å². The van der Waals surface area contributed by atoms with E-state index in [1.54, 1.807) is 13.0 Å². The molecule has 3 aromatic rings. The average Bonchev–Trinajstić information content (AvgIpc) is 3.27. The normalized spacial score (nSPS) is 20.1. The lowest BCUT2D eigenvalue weighted by atomic mass is 9.77. The van der Waals surface area contributed by atoms with E-state index in [1.807, 2.05) is 40.4 Å². The summed E-state index contributed by atoms with van der Waals surface area (Å²) in [5, 5.41) is 2.25. The molecule has 0 bridgehead atoms. The molecule has 6 heteroatoms. The fourth-order valence-corrected chi connectivity index (χ4v) is 6.05. The molecule has 5 nitrogen and oxygen atoms in total. The molecule has 1 saturated heterocycles. The molecule has 1 atom stereocenters. The molecule has 0 N–H and O–H groups in total. The van der Waals surface area contributed by atoms with Crippen LogP contribution in [0.1, 0.15) is 43.7 Å². The number of hydrogen-bond acceptors (Lipinski definition) is 3. The Hall–Kier alpha value is -3.28. The first-order chi connectivity index (χ1) is 17.0. The van der Waals surface area contributed by atoms with Crippen LogP contribution in [0.2, 0.25) is 0 Å². The van der Waals surface area contributed by atoms with E-state index in [-0.39, 0.29) is 23.5 Å². The van der Waals surface area contributed by atoms with Gasteiger partial charge in [0.2, 0.25) is 11.8 Å². The Morgan fingerprint density at radius 1 is 1.00 bits per heavy atom. The highest BCUT2D eigenvalue weighted by Crippen LogP contribution is 2.43. The monoisotopic (exact) mass is 473 g/mol. The molecule has 35 heavy (non-hydrogen) atoms. The number of benzene rings is 2. The highest BCUT2D eigenvalue weighted by molar-refractivity contribution is 5.89. The minimum atomic E-state index is -0.682. The van der Waals surface area contributed by atoms with Crippen LogP contribution < -0.4 is 0 Å². The largest absolute Gasteiger partial charge is 0.341 e. The van der Waals surface area contributed by atoms with Crippen molar-refractivity contribution in [2.45, 2.75) is 44.4 Å². The van der Waals surface area contributed by atoms with Gasteiger partial charge in [0, 0.05) is 50.9 Å². The zero-order valence-electron chi connectivity index (χ0n) is 20.3. The Labute approximate surface area is 205 Å². The zero-order chi connectivity index (χ0) is 24.4. The Balaban J connectivity index is 1.46. The third-order valence-corrected chi connectivity index (χ3v) is 7.83. The third kappa shape index (κ3) is 4.66. The van der Waals surface area contributed by atoms with Gasteiger partial charge >= 0.3 is 0 Å². The number of aromatic nitrogens is 1. The van der Waals surface area contributed by atoms with Crippen molar-refractivity contribution >= 4 is 22.6 Å². The summed E-state index contributed by atoms with van der Waals surface area (Å²) in [6.07, 6.45) is 7.89. The number of fused-ring (bicyclic) bond motifs is 1. The number of halogens is 1. The molecule has 2 aliphatic rings. The predicted octanol–water partition coefficient (Wildman–Crippen LogP) is 4.74. The van der Waals surface area contributed by atoms with Crippen molar-refractivity contribution in [3.63, 3.8) is 0 Å². The maximum atomic E-state index is 14.2. The molecule has 1 unspecified atom stereocenters. The van der Waals surface area contributed by atoms with Gasteiger partial charge in [-0.2, -0.15) is 0 Å². The van der Waals surface area contributed by atoms with E-state index < -0.39 is 5.41 Å². The SMILES string of the molecule is CC(=O)N1CCN(C(=O)C2(c3cccc(F)c3)CCCC2)CC(Cc2cncc3ccccc23)C1. The lowest BCUT2D eigenvalue weighted by Gasteiger charge is -2.35. The van der Waals surface area contributed by atoms with Crippen molar-refractivity contribution in [2.24, 2.45) is 5.92 Å². The second kappa shape index (κ2) is 9.76. The van der Waals surface area contributed by atoms with Crippen LogP contribution in [0.4, 0.5) is 4.39 Å². The quantitative estimate of drug-likeness (QED) is 0.550. The Bertz CT molecular complexity index is 1230. The first-order valence-electron chi connectivity index (χ1n) is 12.6. The van der Waals surface area contributed by atoms with Crippen molar-refractivity contribution in [3.05, 3.63) is 77.9 Å². The van der Waals surface area contributed by atoms with Crippen LogP contribution >= 0.6 is 0 Å². The molecule has 1 aromatic heterocycles. The van der Waals surface area contributed by atoms with Crippen LogP contribution in [0.5, 0.6) is 0 Å². The van der Waals surface area contributed by atoms with Gasteiger partial charge < -0.3 is 9.80 Å². The van der Waals surface area contributed by atoms with E-state index in [0.717, 1.165) is 54.0 Å². The number of rotatable bonds is 4. The van der Waals surface area contributed by atoms with E-state index in [4.69, 9.17) is 0 Å². The maximum absolute atomic E-state index is 14.2. The van der Waals surface area contributed by atoms with Gasteiger partial charge in [0.25, 0.3) is 0 Å². The van der Waals surface area contributed by atoms with E-state index >= 15 is 0 Å². The van der Waals surface area contributed by atoms with Crippen molar-refractivity contribution < 1.29 is 14.0 Å². The van der Waals surface area contributed by atoms with Crippen molar-refractivity contribution in [1.29, 1.82) is 0 Å². The van der Waals surface area contributed by atoms with E-state index in [0.29, 0.717) is 26.2 Å². The first kappa shape index (κ1) is 23.5. The van der Waals surface area contributed by atoms with Crippen LogP contribution in [-0.4, -0.2) is 52.8 Å². The van der Waals surface area contributed by atoms with Gasteiger partial charge in [-0.05, 0) is 53.8 Å². The first-order valence-corrected chi connectivity index (χ1v) is 12.6. The lowest BCUT2D eigenvalue weighted by molar-refractivity contribution is -0.138. The van der Waals surface area contributed by atoms with E-state index in [1.165, 1.54) is 12.1 Å². The summed E-state index contributed by atoms with van der Waals surface area (Å²) < 4.78 is 14.2. The van der Waals surface area contributed by atoms with Crippen LogP contribution in [0.3, 0.4) is 0 Å². The van der Waals surface area contributed by atoms with Crippen LogP contribution in [0, 0.1) is 11.7 Å². The summed E-state index contributed by atoms with van der Waals surface area (Å²) in [5.74, 6) is -0.112. The summed E-state index contributed by atoms with van der Waals surface area (Å²) in [5.41, 5.74) is 1.23. The van der Waals surface area contributed by atoms with Crippen molar-refractivity contribution in [3.8, 4) is 0 Å². The molecule has 2 aromatic carbocycles. The molecule has 2 heterocycles. The molecule has 1 aliphatic carbocycles. The molecule has 0 spiro atoms.